The molecule has 3 aliphatic heterocycles. The Morgan fingerprint density at radius 1 is 1.22 bits per heavy atom. The lowest BCUT2D eigenvalue weighted by Crippen LogP contribution is -2.58. The summed E-state index contributed by atoms with van der Waals surface area (Å²) in [7, 11) is -3.87. The minimum absolute atomic E-state index is 0.00112. The van der Waals surface area contributed by atoms with Crippen LogP contribution < -0.4 is 15.4 Å². The third kappa shape index (κ3) is 6.64. The van der Waals surface area contributed by atoms with Crippen LogP contribution in [0.25, 0.3) is 6.08 Å². The maximum Gasteiger partial charge on any atom is 0.410 e. The summed E-state index contributed by atoms with van der Waals surface area (Å²) in [6, 6.07) is 4.14. The smallest absolute Gasteiger partial charge is 0.410 e. The van der Waals surface area contributed by atoms with Gasteiger partial charge in [0.1, 0.15) is 23.7 Å². The monoisotopic (exact) mass is 722 g/mol. The van der Waals surface area contributed by atoms with Crippen LogP contribution in [-0.2, 0) is 48.7 Å². The van der Waals surface area contributed by atoms with Gasteiger partial charge in [-0.1, -0.05) is 50.3 Å². The molecule has 2 aromatic rings. The van der Waals surface area contributed by atoms with Gasteiger partial charge in [-0.05, 0) is 54.7 Å². The van der Waals surface area contributed by atoms with Gasteiger partial charge in [0.2, 0.25) is 21.8 Å². The molecule has 3 N–H and O–H groups in total. The minimum Gasteiger partial charge on any atom is -0.444 e. The number of allylic oxidation sites excluding steroid dienone is 1. The average Bonchev–Trinajstić information content (AvgIpc) is 3.89. The SMILES string of the molecule is C=C[C@@H]1C[C@]1(NC(=O)[C@@H]1C[C@@H]2CN1C(=O)[C@H](C(C)C)Nc1nc(cs1)CC/C=C\c1cccc3c1CN(C3)C(=O)O2)C(=O)NS(=O)(=O)C1CC1. The highest BCUT2D eigenvalue weighted by Gasteiger charge is 2.62. The molecule has 2 aliphatic carbocycles. The summed E-state index contributed by atoms with van der Waals surface area (Å²) in [6.45, 7) is 8.26. The molecule has 13 nitrogen and oxygen atoms in total. The molecule has 0 spiro atoms. The molecular weight excluding hydrogens is 681 g/mol. The summed E-state index contributed by atoms with van der Waals surface area (Å²) in [5.41, 5.74) is 2.49. The number of carbonyl (C=O) groups excluding carboxylic acids is 4. The van der Waals surface area contributed by atoms with E-state index in [2.05, 4.69) is 34.1 Å². The maximum atomic E-state index is 14.4. The molecule has 0 radical (unpaired) electrons. The van der Waals surface area contributed by atoms with E-state index in [9.17, 15) is 27.6 Å². The number of sulfonamides is 1. The molecule has 5 atom stereocenters. The Hall–Kier alpha value is -4.24. The lowest BCUT2D eigenvalue weighted by Gasteiger charge is -2.31. The number of hydrogen-bond acceptors (Lipinski definition) is 10. The highest BCUT2D eigenvalue weighted by atomic mass is 32.2. The number of hydrogen-bond donors (Lipinski definition) is 3. The number of aryl methyl sites for hydroxylation is 1. The van der Waals surface area contributed by atoms with E-state index in [1.807, 2.05) is 37.4 Å². The van der Waals surface area contributed by atoms with Crippen molar-refractivity contribution >= 4 is 56.4 Å². The van der Waals surface area contributed by atoms with Crippen LogP contribution in [0.3, 0.4) is 0 Å². The van der Waals surface area contributed by atoms with E-state index < -0.39 is 62.8 Å². The molecule has 3 fully saturated rings. The zero-order valence-corrected chi connectivity index (χ0v) is 29.7. The van der Waals surface area contributed by atoms with Gasteiger partial charge in [0, 0.05) is 24.3 Å². The van der Waals surface area contributed by atoms with E-state index in [4.69, 9.17) is 9.72 Å². The van der Waals surface area contributed by atoms with Crippen LogP contribution in [0.4, 0.5) is 9.93 Å². The van der Waals surface area contributed by atoms with Crippen molar-refractivity contribution in [2.75, 3.05) is 11.9 Å². The van der Waals surface area contributed by atoms with E-state index >= 15 is 0 Å². The fourth-order valence-electron chi connectivity index (χ4n) is 7.10. The van der Waals surface area contributed by atoms with Crippen LogP contribution >= 0.6 is 11.3 Å². The van der Waals surface area contributed by atoms with Crippen LogP contribution in [0.15, 0.2) is 42.3 Å². The molecule has 1 aromatic heterocycles. The Morgan fingerprint density at radius 3 is 2.74 bits per heavy atom. The van der Waals surface area contributed by atoms with Gasteiger partial charge in [-0.3, -0.25) is 24.0 Å². The Bertz CT molecular complexity index is 1870. The first-order valence-electron chi connectivity index (χ1n) is 17.1. The maximum absolute atomic E-state index is 14.4. The van der Waals surface area contributed by atoms with Gasteiger partial charge in [0.05, 0.1) is 24.0 Å². The predicted octanol–water partition coefficient (Wildman–Crippen LogP) is 3.33. The van der Waals surface area contributed by atoms with Crippen LogP contribution in [-0.4, -0.2) is 82.5 Å². The zero-order chi connectivity index (χ0) is 35.4. The van der Waals surface area contributed by atoms with Crippen LogP contribution in [0.5, 0.6) is 0 Å². The number of ether oxygens (including phenoxy) is 1. The number of nitrogens with one attached hydrogen (secondary N) is 3. The van der Waals surface area contributed by atoms with Crippen molar-refractivity contribution in [3.8, 4) is 0 Å². The molecule has 1 aromatic carbocycles. The minimum atomic E-state index is -3.87. The summed E-state index contributed by atoms with van der Waals surface area (Å²) in [4.78, 5) is 63.2. The first-order valence-corrected chi connectivity index (χ1v) is 19.6. The quantitative estimate of drug-likeness (QED) is 0.364. The normalized spacial score (nSPS) is 28.5. The van der Waals surface area contributed by atoms with Crippen LogP contribution in [0.1, 0.15) is 68.3 Å². The lowest BCUT2D eigenvalue weighted by atomic mass is 10.0. The number of amides is 4. The fraction of sp³-hybridized carbons (Fsp3) is 0.514. The molecule has 4 heterocycles. The van der Waals surface area contributed by atoms with Gasteiger partial charge < -0.3 is 20.3 Å². The largest absolute Gasteiger partial charge is 0.444 e. The predicted molar refractivity (Wildman–Crippen MR) is 187 cm³/mol. The number of fused-ring (bicyclic) bond motifs is 5. The zero-order valence-electron chi connectivity index (χ0n) is 28.1. The van der Waals surface area contributed by atoms with E-state index in [0.29, 0.717) is 37.5 Å². The third-order valence-electron chi connectivity index (χ3n) is 10.3. The lowest BCUT2D eigenvalue weighted by molar-refractivity contribution is -0.140. The van der Waals surface area contributed by atoms with Crippen molar-refractivity contribution in [1.29, 1.82) is 0 Å². The van der Waals surface area contributed by atoms with Crippen molar-refractivity contribution in [1.82, 2.24) is 24.8 Å². The standard InChI is InChI=1S/C35H42N6O7S2/c1-4-23-15-35(23,32(44)39-50(46,47)26-12-13-26)38-30(42)28-14-25-17-41(28)31(43)29(20(2)3)37-33-36-24(19-49-33)11-6-5-8-21-9-7-10-22-16-40(18-27(21)22)34(45)48-25/h4-5,7-10,19-20,23,25-26,28-29H,1,6,11-18H2,2-3H3,(H,36,37)(H,38,42)(H,39,44)/b8-5-/t23-,25-,28+,29+,35-/m1/s1. The van der Waals surface area contributed by atoms with Gasteiger partial charge in [-0.25, -0.2) is 18.2 Å². The number of anilines is 1. The van der Waals surface area contributed by atoms with E-state index in [1.165, 1.54) is 22.3 Å². The number of benzene rings is 1. The molecule has 2 saturated carbocycles. The van der Waals surface area contributed by atoms with Crippen molar-refractivity contribution in [3.63, 3.8) is 0 Å². The number of aromatic nitrogens is 1. The fourth-order valence-corrected chi connectivity index (χ4v) is 9.25. The van der Waals surface area contributed by atoms with Crippen LogP contribution in [0, 0.1) is 11.8 Å². The van der Waals surface area contributed by atoms with E-state index in [1.54, 1.807) is 4.90 Å². The Morgan fingerprint density at radius 2 is 2.02 bits per heavy atom. The first-order chi connectivity index (χ1) is 23.9. The van der Waals surface area contributed by atoms with E-state index in [-0.39, 0.29) is 31.2 Å². The average molecular weight is 723 g/mol. The highest BCUT2D eigenvalue weighted by Crippen LogP contribution is 2.45. The van der Waals surface area contributed by atoms with Crippen molar-refractivity contribution in [3.05, 3.63) is 64.7 Å². The summed E-state index contributed by atoms with van der Waals surface area (Å²) >= 11 is 1.40. The molecule has 1 saturated heterocycles. The van der Waals surface area contributed by atoms with Crippen LogP contribution in [0.2, 0.25) is 0 Å². The summed E-state index contributed by atoms with van der Waals surface area (Å²) in [5, 5.41) is 8.01. The van der Waals surface area contributed by atoms with Crippen molar-refractivity contribution in [2.24, 2.45) is 11.8 Å². The third-order valence-corrected chi connectivity index (χ3v) is 12.9. The van der Waals surface area contributed by atoms with Gasteiger partial charge in [0.15, 0.2) is 5.13 Å². The summed E-state index contributed by atoms with van der Waals surface area (Å²) in [6.07, 6.45) is 6.93. The van der Waals surface area contributed by atoms with Gasteiger partial charge >= 0.3 is 6.09 Å². The number of thiazole rings is 1. The highest BCUT2D eigenvalue weighted by molar-refractivity contribution is 7.91. The first kappa shape index (κ1) is 34.2. The Balaban J connectivity index is 1.17. The molecule has 7 rings (SSSR count). The summed E-state index contributed by atoms with van der Waals surface area (Å²) in [5.74, 6) is -2.52. The molecule has 5 aliphatic rings. The molecule has 6 bridgehead atoms. The molecule has 4 amide bonds. The second-order valence-corrected chi connectivity index (χ2v) is 17.0. The van der Waals surface area contributed by atoms with E-state index in [0.717, 1.165) is 28.8 Å². The summed E-state index contributed by atoms with van der Waals surface area (Å²) < 4.78 is 33.4. The number of carbonyl (C=O) groups is 4. The molecule has 50 heavy (non-hydrogen) atoms. The van der Waals surface area contributed by atoms with Gasteiger partial charge in [-0.2, -0.15) is 0 Å². The second kappa shape index (κ2) is 13.1. The molecule has 266 valence electrons. The Labute approximate surface area is 295 Å². The second-order valence-electron chi connectivity index (χ2n) is 14.2. The Kier molecular flexibility index (Phi) is 8.99. The van der Waals surface area contributed by atoms with Gasteiger partial charge in [-0.15, -0.1) is 17.9 Å². The number of nitrogens with zero attached hydrogens (tertiary/aromatic N) is 3. The van der Waals surface area contributed by atoms with Crippen molar-refractivity contribution in [2.45, 2.75) is 94.4 Å². The topological polar surface area (TPSA) is 167 Å². The molecule has 0 unspecified atom stereocenters. The van der Waals surface area contributed by atoms with Gasteiger partial charge in [0.25, 0.3) is 5.91 Å². The molecule has 15 heteroatoms. The number of rotatable bonds is 7. The van der Waals surface area contributed by atoms with Crippen molar-refractivity contribution < 1.29 is 32.3 Å². The molecular formula is C35H42N6O7S2.